The predicted octanol–water partition coefficient (Wildman–Crippen LogP) is 3.66. The zero-order valence-electron chi connectivity index (χ0n) is 12.9. The number of fused-ring (bicyclic) bond motifs is 1. The molecule has 7 heteroatoms. The smallest absolute Gasteiger partial charge is 0.319 e. The molecule has 1 heterocycles. The number of hydrogen-bond acceptors (Lipinski definition) is 3. The highest BCUT2D eigenvalue weighted by Crippen LogP contribution is 2.30. The number of nitrogens with one attached hydrogen (secondary N) is 3. The maximum Gasteiger partial charge on any atom is 0.319 e. The zero-order valence-corrected chi connectivity index (χ0v) is 14.5. The van der Waals surface area contributed by atoms with Crippen molar-refractivity contribution in [2.24, 2.45) is 0 Å². The van der Waals surface area contributed by atoms with Gasteiger partial charge in [0.25, 0.3) is 5.91 Å². The summed E-state index contributed by atoms with van der Waals surface area (Å²) in [7, 11) is 0. The second-order valence-corrected chi connectivity index (χ2v) is 6.34. The van der Waals surface area contributed by atoms with Gasteiger partial charge in [0.1, 0.15) is 5.75 Å². The lowest BCUT2D eigenvalue weighted by molar-refractivity contribution is -0.118. The Morgan fingerprint density at radius 3 is 2.92 bits per heavy atom. The van der Waals surface area contributed by atoms with E-state index < -0.39 is 0 Å². The molecule has 0 bridgehead atoms. The number of carbonyl (C=O) groups is 2. The van der Waals surface area contributed by atoms with E-state index in [2.05, 4.69) is 31.9 Å². The second kappa shape index (κ2) is 6.92. The number of urea groups is 1. The van der Waals surface area contributed by atoms with Gasteiger partial charge >= 0.3 is 6.03 Å². The first-order valence-electron chi connectivity index (χ1n) is 7.41. The molecule has 3 N–H and O–H groups in total. The zero-order chi connectivity index (χ0) is 17.1. The van der Waals surface area contributed by atoms with Crippen LogP contribution in [0.1, 0.15) is 18.5 Å². The highest BCUT2D eigenvalue weighted by molar-refractivity contribution is 9.10. The summed E-state index contributed by atoms with van der Waals surface area (Å²) in [5, 5.41) is 8.34. The molecule has 0 spiro atoms. The molecule has 0 radical (unpaired) electrons. The van der Waals surface area contributed by atoms with E-state index in [1.165, 1.54) is 0 Å². The van der Waals surface area contributed by atoms with E-state index in [1.807, 2.05) is 31.2 Å². The van der Waals surface area contributed by atoms with Crippen molar-refractivity contribution < 1.29 is 14.3 Å². The summed E-state index contributed by atoms with van der Waals surface area (Å²) in [4.78, 5) is 23.4. The van der Waals surface area contributed by atoms with Crippen LogP contribution in [0.5, 0.6) is 5.75 Å². The average Bonchev–Trinajstić information content (AvgIpc) is 2.55. The number of rotatable bonds is 3. The van der Waals surface area contributed by atoms with Gasteiger partial charge in [0.05, 0.1) is 11.7 Å². The molecule has 0 aliphatic carbocycles. The molecule has 1 unspecified atom stereocenters. The van der Waals surface area contributed by atoms with Gasteiger partial charge in [-0.2, -0.15) is 0 Å². The van der Waals surface area contributed by atoms with Gasteiger partial charge in [-0.25, -0.2) is 4.79 Å². The summed E-state index contributed by atoms with van der Waals surface area (Å²) in [6.45, 7) is 1.88. The van der Waals surface area contributed by atoms with E-state index in [0.717, 1.165) is 10.0 Å². The van der Waals surface area contributed by atoms with Crippen molar-refractivity contribution in [3.05, 3.63) is 52.5 Å². The number of carbonyl (C=O) groups excluding carboxylic acids is 2. The predicted molar refractivity (Wildman–Crippen MR) is 95.3 cm³/mol. The lowest BCUT2D eigenvalue weighted by Crippen LogP contribution is -2.31. The topological polar surface area (TPSA) is 79.5 Å². The third-order valence-corrected chi connectivity index (χ3v) is 4.06. The quantitative estimate of drug-likeness (QED) is 0.749. The van der Waals surface area contributed by atoms with E-state index in [4.69, 9.17) is 4.74 Å². The molecule has 0 fully saturated rings. The van der Waals surface area contributed by atoms with Crippen LogP contribution in [0.2, 0.25) is 0 Å². The summed E-state index contributed by atoms with van der Waals surface area (Å²) in [6.07, 6.45) is 0. The fourth-order valence-corrected chi connectivity index (χ4v) is 2.79. The number of ether oxygens (including phenoxy) is 1. The molecule has 124 valence electrons. The van der Waals surface area contributed by atoms with Crippen molar-refractivity contribution in [1.29, 1.82) is 0 Å². The van der Waals surface area contributed by atoms with Crippen molar-refractivity contribution in [1.82, 2.24) is 5.32 Å². The minimum atomic E-state index is -0.317. The molecule has 1 atom stereocenters. The van der Waals surface area contributed by atoms with Gasteiger partial charge in [-0.1, -0.05) is 28.1 Å². The van der Waals surface area contributed by atoms with Crippen molar-refractivity contribution in [2.75, 3.05) is 17.2 Å². The Labute approximate surface area is 147 Å². The average molecular weight is 390 g/mol. The van der Waals surface area contributed by atoms with Gasteiger partial charge in [-0.15, -0.1) is 0 Å². The molecule has 1 aliphatic rings. The fraction of sp³-hybridized carbons (Fsp3) is 0.176. The van der Waals surface area contributed by atoms with Crippen LogP contribution in [0.3, 0.4) is 0 Å². The van der Waals surface area contributed by atoms with E-state index >= 15 is 0 Å². The summed E-state index contributed by atoms with van der Waals surface area (Å²) >= 11 is 3.42. The van der Waals surface area contributed by atoms with Gasteiger partial charge in [0.15, 0.2) is 6.61 Å². The third kappa shape index (κ3) is 3.86. The maximum absolute atomic E-state index is 12.2. The van der Waals surface area contributed by atoms with Gasteiger partial charge in [-0.05, 0) is 36.8 Å². The fourth-order valence-electron chi connectivity index (χ4n) is 2.38. The Morgan fingerprint density at radius 1 is 1.29 bits per heavy atom. The molecule has 1 aliphatic heterocycles. The Bertz CT molecular complexity index is 794. The number of benzene rings is 2. The number of anilines is 2. The van der Waals surface area contributed by atoms with Crippen LogP contribution in [0.15, 0.2) is 46.9 Å². The molecule has 2 aromatic rings. The van der Waals surface area contributed by atoms with E-state index in [1.54, 1.807) is 18.2 Å². The summed E-state index contributed by atoms with van der Waals surface area (Å²) < 4.78 is 6.29. The van der Waals surface area contributed by atoms with E-state index in [-0.39, 0.29) is 24.6 Å². The van der Waals surface area contributed by atoms with Crippen LogP contribution in [0.4, 0.5) is 16.2 Å². The number of hydrogen-bond donors (Lipinski definition) is 3. The third-order valence-electron chi connectivity index (χ3n) is 3.57. The maximum atomic E-state index is 12.2. The highest BCUT2D eigenvalue weighted by Gasteiger charge is 2.17. The van der Waals surface area contributed by atoms with Crippen molar-refractivity contribution in [3.8, 4) is 5.75 Å². The van der Waals surface area contributed by atoms with Gasteiger partial charge < -0.3 is 20.7 Å². The van der Waals surface area contributed by atoms with Crippen LogP contribution < -0.4 is 20.7 Å². The lowest BCUT2D eigenvalue weighted by atomic mass is 10.1. The largest absolute Gasteiger partial charge is 0.482 e. The van der Waals surface area contributed by atoms with E-state index in [9.17, 15) is 9.59 Å². The Morgan fingerprint density at radius 2 is 2.12 bits per heavy atom. The van der Waals surface area contributed by atoms with Crippen LogP contribution in [-0.2, 0) is 4.79 Å². The molecule has 0 aromatic heterocycles. The Hall–Kier alpha value is -2.54. The van der Waals surface area contributed by atoms with Gasteiger partial charge in [0, 0.05) is 16.2 Å². The van der Waals surface area contributed by atoms with Crippen LogP contribution in [0.25, 0.3) is 0 Å². The summed E-state index contributed by atoms with van der Waals surface area (Å²) in [5.41, 5.74) is 2.18. The van der Waals surface area contributed by atoms with Gasteiger partial charge in [0.2, 0.25) is 0 Å². The standard InChI is InChI=1S/C17H16BrN3O3/c1-10(11-3-2-4-12(18)7-11)19-17(23)20-13-5-6-14-15(8-13)24-9-16(22)21-14/h2-8,10H,9H2,1H3,(H,21,22)(H2,19,20,23). The first-order valence-corrected chi connectivity index (χ1v) is 8.20. The first-order chi connectivity index (χ1) is 11.5. The monoisotopic (exact) mass is 389 g/mol. The molecule has 0 saturated heterocycles. The van der Waals surface area contributed by atoms with Crippen LogP contribution >= 0.6 is 15.9 Å². The van der Waals surface area contributed by atoms with Crippen LogP contribution in [0, 0.1) is 0 Å². The summed E-state index contributed by atoms with van der Waals surface area (Å²) in [5.74, 6) is 0.344. The van der Waals surface area contributed by atoms with Crippen LogP contribution in [-0.4, -0.2) is 18.5 Å². The molecule has 3 rings (SSSR count). The van der Waals surface area contributed by atoms with E-state index in [0.29, 0.717) is 17.1 Å². The normalized spacial score (nSPS) is 14.0. The molecular weight excluding hydrogens is 374 g/mol. The number of halogens is 1. The SMILES string of the molecule is CC(NC(=O)Nc1ccc2c(c1)OCC(=O)N2)c1cccc(Br)c1. The molecule has 6 nitrogen and oxygen atoms in total. The van der Waals surface area contributed by atoms with Crippen molar-refractivity contribution >= 4 is 39.2 Å². The lowest BCUT2D eigenvalue weighted by Gasteiger charge is -2.19. The Kier molecular flexibility index (Phi) is 4.71. The Balaban J connectivity index is 1.64. The second-order valence-electron chi connectivity index (χ2n) is 5.42. The minimum Gasteiger partial charge on any atom is -0.482 e. The van der Waals surface area contributed by atoms with Crippen molar-refractivity contribution in [3.63, 3.8) is 0 Å². The molecule has 0 saturated carbocycles. The number of amides is 3. The van der Waals surface area contributed by atoms with Crippen molar-refractivity contribution in [2.45, 2.75) is 13.0 Å². The molecule has 24 heavy (non-hydrogen) atoms. The first kappa shape index (κ1) is 16.3. The summed E-state index contributed by atoms with van der Waals surface area (Å²) in [6, 6.07) is 12.4. The molecular formula is C17H16BrN3O3. The minimum absolute atomic E-state index is 0.0252. The molecule has 3 amide bonds. The van der Waals surface area contributed by atoms with Gasteiger partial charge in [-0.3, -0.25) is 4.79 Å². The molecule has 2 aromatic carbocycles. The highest BCUT2D eigenvalue weighted by atomic mass is 79.9.